The summed E-state index contributed by atoms with van der Waals surface area (Å²) in [6, 6.07) is 15.7. The number of hydrogen-bond donors (Lipinski definition) is 2. The molecule has 1 aliphatic heterocycles. The second-order valence-corrected chi connectivity index (χ2v) is 5.51. The van der Waals surface area contributed by atoms with Gasteiger partial charge in [0.15, 0.2) is 5.71 Å². The third kappa shape index (κ3) is 1.96. The van der Waals surface area contributed by atoms with Crippen molar-refractivity contribution in [2.75, 3.05) is 0 Å². The van der Waals surface area contributed by atoms with Gasteiger partial charge >= 0.3 is 7.12 Å². The Morgan fingerprint density at radius 3 is 2.68 bits per heavy atom. The van der Waals surface area contributed by atoms with Crippen molar-refractivity contribution in [3.05, 3.63) is 78.4 Å². The predicted molar refractivity (Wildman–Crippen MR) is 90.2 cm³/mol. The monoisotopic (exact) mass is 288 g/mol. The van der Waals surface area contributed by atoms with Gasteiger partial charge in [0.2, 0.25) is 11.4 Å². The van der Waals surface area contributed by atoms with E-state index in [-0.39, 0.29) is 5.92 Å². The fourth-order valence-corrected chi connectivity index (χ4v) is 3.21. The molecule has 106 valence electrons. The molecule has 0 saturated carbocycles. The van der Waals surface area contributed by atoms with Gasteiger partial charge in [-0.15, -0.1) is 0 Å². The van der Waals surface area contributed by atoms with Crippen LogP contribution in [0.2, 0.25) is 0 Å². The summed E-state index contributed by atoms with van der Waals surface area (Å²) in [6.45, 7) is 0. The van der Waals surface area contributed by atoms with Crippen molar-refractivity contribution in [1.82, 2.24) is 4.58 Å². The molecule has 0 fully saturated rings. The topological polar surface area (TPSA) is 43.5 Å². The summed E-state index contributed by atoms with van der Waals surface area (Å²) in [5, 5.41) is 18.8. The molecule has 2 aliphatic rings. The summed E-state index contributed by atoms with van der Waals surface area (Å²) < 4.78 is 2.19. The van der Waals surface area contributed by atoms with Crippen molar-refractivity contribution in [3.8, 4) is 0 Å². The number of hydrogen-bond acceptors (Lipinski definition) is 2. The van der Waals surface area contributed by atoms with Crippen LogP contribution in [0.15, 0.2) is 72.8 Å². The lowest BCUT2D eigenvalue weighted by atomic mass is 9.80. The molecular weight excluding hydrogens is 273 g/mol. The highest BCUT2D eigenvalue weighted by atomic mass is 16.4. The molecule has 1 unspecified atom stereocenters. The van der Waals surface area contributed by atoms with E-state index in [2.05, 4.69) is 41.0 Å². The number of rotatable bonds is 2. The number of para-hydroxylation sites is 1. The quantitative estimate of drug-likeness (QED) is 0.654. The van der Waals surface area contributed by atoms with Crippen LogP contribution in [0.5, 0.6) is 0 Å². The lowest BCUT2D eigenvalue weighted by Crippen LogP contribution is -2.30. The van der Waals surface area contributed by atoms with E-state index >= 15 is 0 Å². The summed E-state index contributed by atoms with van der Waals surface area (Å²) in [5.41, 5.74) is 5.04. The van der Waals surface area contributed by atoms with E-state index in [4.69, 9.17) is 0 Å². The van der Waals surface area contributed by atoms with Crippen molar-refractivity contribution in [1.29, 1.82) is 0 Å². The molecule has 4 rings (SSSR count). The van der Waals surface area contributed by atoms with Gasteiger partial charge in [0.1, 0.15) is 0 Å². The van der Waals surface area contributed by atoms with Crippen LogP contribution in [0, 0.1) is 0 Å². The Morgan fingerprint density at radius 1 is 0.955 bits per heavy atom. The first kappa shape index (κ1) is 13.3. The highest BCUT2D eigenvalue weighted by molar-refractivity contribution is 6.58. The lowest BCUT2D eigenvalue weighted by Gasteiger charge is -2.05. The van der Waals surface area contributed by atoms with E-state index in [9.17, 15) is 10.0 Å². The van der Waals surface area contributed by atoms with E-state index in [1.807, 2.05) is 30.3 Å². The molecule has 0 bridgehead atoms. The molecule has 0 saturated heterocycles. The van der Waals surface area contributed by atoms with Crippen LogP contribution >= 0.6 is 0 Å². The van der Waals surface area contributed by atoms with Crippen LogP contribution < -0.4 is 10.0 Å². The Labute approximate surface area is 129 Å². The van der Waals surface area contributed by atoms with Gasteiger partial charge in [-0.3, -0.25) is 0 Å². The second-order valence-electron chi connectivity index (χ2n) is 5.51. The van der Waals surface area contributed by atoms with Crippen molar-refractivity contribution in [2.24, 2.45) is 0 Å². The molecule has 3 nitrogen and oxygen atoms in total. The zero-order chi connectivity index (χ0) is 15.1. The molecular formula is C18H15BNO2+. The molecule has 1 atom stereocenters. The van der Waals surface area contributed by atoms with E-state index < -0.39 is 7.12 Å². The van der Waals surface area contributed by atoms with Crippen molar-refractivity contribution < 1.29 is 10.0 Å². The zero-order valence-electron chi connectivity index (χ0n) is 11.9. The van der Waals surface area contributed by atoms with E-state index in [1.165, 1.54) is 11.3 Å². The standard InChI is InChI=1S/C18H15BNO2/c21-19(22)13-6-5-7-14(12-13)20-17-10-3-1-8-15(17)16-9-2-4-11-18(16)20/h1-12,15,21-22H/q+1. The fourth-order valence-electron chi connectivity index (χ4n) is 3.21. The molecule has 0 amide bonds. The van der Waals surface area contributed by atoms with Crippen LogP contribution in [0.4, 0.5) is 11.4 Å². The summed E-state index contributed by atoms with van der Waals surface area (Å²) in [7, 11) is -1.46. The number of allylic oxidation sites excluding steroid dienone is 4. The van der Waals surface area contributed by atoms with Crippen LogP contribution in [0.1, 0.15) is 11.5 Å². The highest BCUT2D eigenvalue weighted by Crippen LogP contribution is 2.39. The van der Waals surface area contributed by atoms with Gasteiger partial charge in [-0.1, -0.05) is 48.6 Å². The number of benzene rings is 2. The smallest absolute Gasteiger partial charge is 0.423 e. The third-order valence-corrected chi connectivity index (χ3v) is 4.20. The maximum Gasteiger partial charge on any atom is 0.488 e. The Hall–Kier alpha value is -2.43. The summed E-state index contributed by atoms with van der Waals surface area (Å²) in [6.07, 6.45) is 8.42. The van der Waals surface area contributed by atoms with Gasteiger partial charge in [-0.2, -0.15) is 4.58 Å². The van der Waals surface area contributed by atoms with Crippen LogP contribution in [-0.2, 0) is 0 Å². The molecule has 2 aromatic carbocycles. The molecule has 2 N–H and O–H groups in total. The molecule has 0 spiro atoms. The van der Waals surface area contributed by atoms with Crippen LogP contribution in [-0.4, -0.2) is 22.9 Å². The first-order valence-electron chi connectivity index (χ1n) is 7.32. The fraction of sp³-hybridized carbons (Fsp3) is 0.0556. The average molecular weight is 288 g/mol. The molecule has 1 aliphatic carbocycles. The zero-order valence-corrected chi connectivity index (χ0v) is 11.9. The molecule has 2 aromatic rings. The Morgan fingerprint density at radius 2 is 1.82 bits per heavy atom. The first-order valence-corrected chi connectivity index (χ1v) is 7.32. The number of nitrogens with zero attached hydrogens (tertiary/aromatic N) is 1. The molecule has 22 heavy (non-hydrogen) atoms. The van der Waals surface area contributed by atoms with Gasteiger partial charge < -0.3 is 10.0 Å². The Balaban J connectivity index is 1.95. The highest BCUT2D eigenvalue weighted by Gasteiger charge is 2.38. The minimum absolute atomic E-state index is 0.254. The van der Waals surface area contributed by atoms with Crippen molar-refractivity contribution in [2.45, 2.75) is 5.92 Å². The van der Waals surface area contributed by atoms with Crippen molar-refractivity contribution in [3.63, 3.8) is 0 Å². The van der Waals surface area contributed by atoms with E-state index in [0.717, 1.165) is 11.4 Å². The lowest BCUT2D eigenvalue weighted by molar-refractivity contribution is 0.426. The molecule has 0 radical (unpaired) electrons. The van der Waals surface area contributed by atoms with E-state index in [1.54, 1.807) is 6.07 Å². The average Bonchev–Trinajstić information content (AvgIpc) is 2.89. The molecule has 4 heteroatoms. The molecule has 0 aromatic heterocycles. The van der Waals surface area contributed by atoms with Crippen LogP contribution in [0.25, 0.3) is 0 Å². The van der Waals surface area contributed by atoms with Gasteiger partial charge in [0.05, 0.1) is 5.92 Å². The predicted octanol–water partition coefficient (Wildman–Crippen LogP) is 1.87. The Kier molecular flexibility index (Phi) is 3.07. The maximum absolute atomic E-state index is 9.42. The minimum atomic E-state index is -1.46. The third-order valence-electron chi connectivity index (χ3n) is 4.20. The van der Waals surface area contributed by atoms with Gasteiger partial charge in [-0.05, 0) is 5.46 Å². The van der Waals surface area contributed by atoms with Gasteiger partial charge in [-0.25, -0.2) is 0 Å². The number of fused-ring (bicyclic) bond motifs is 3. The molecule has 1 heterocycles. The largest absolute Gasteiger partial charge is 0.488 e. The Bertz CT molecular complexity index is 836. The SMILES string of the molecule is OB(O)c1cccc([N+]2=C3C=CC=CC3c3ccccc32)c1. The summed E-state index contributed by atoms with van der Waals surface area (Å²) in [5.74, 6) is 0.254. The van der Waals surface area contributed by atoms with E-state index in [0.29, 0.717) is 5.46 Å². The first-order chi connectivity index (χ1) is 10.8. The van der Waals surface area contributed by atoms with Crippen LogP contribution in [0.3, 0.4) is 0 Å². The normalized spacial score (nSPS) is 18.4. The summed E-state index contributed by atoms with van der Waals surface area (Å²) in [4.78, 5) is 0. The minimum Gasteiger partial charge on any atom is -0.423 e. The van der Waals surface area contributed by atoms with Crippen molar-refractivity contribution >= 4 is 29.7 Å². The van der Waals surface area contributed by atoms with Gasteiger partial charge in [0.25, 0.3) is 0 Å². The summed E-state index contributed by atoms with van der Waals surface area (Å²) >= 11 is 0. The maximum atomic E-state index is 9.42. The second kappa shape index (κ2) is 5.09. The van der Waals surface area contributed by atoms with Gasteiger partial charge in [0, 0.05) is 29.8 Å².